The second-order valence-electron chi connectivity index (χ2n) is 6.92. The number of benzene rings is 4. The highest BCUT2D eigenvalue weighted by Crippen LogP contribution is 2.32. The largest absolute Gasteiger partial charge is 0.488 e. The SMILES string of the molecule is O=[N+]([O-])c1cc(Br)ccc1-c1ccccc1.O=[N+]([O-])c1cc(Br)ccc1I.OB(O)c1ccccc1. The molecule has 184 valence electrons. The van der Waals surface area contributed by atoms with Gasteiger partial charge >= 0.3 is 7.12 Å². The van der Waals surface area contributed by atoms with Gasteiger partial charge in [0.15, 0.2) is 0 Å². The molecule has 0 unspecified atom stereocenters. The van der Waals surface area contributed by atoms with Crippen LogP contribution in [0.1, 0.15) is 0 Å². The van der Waals surface area contributed by atoms with Crippen molar-refractivity contribution < 1.29 is 19.9 Å². The van der Waals surface area contributed by atoms with Crippen LogP contribution in [-0.2, 0) is 0 Å². The molecule has 0 radical (unpaired) electrons. The summed E-state index contributed by atoms with van der Waals surface area (Å²) < 4.78 is 2.08. The van der Waals surface area contributed by atoms with Gasteiger partial charge < -0.3 is 10.0 Å². The first-order valence-electron chi connectivity index (χ1n) is 10.1. The molecule has 0 amide bonds. The van der Waals surface area contributed by atoms with Gasteiger partial charge in [0.1, 0.15) is 0 Å². The van der Waals surface area contributed by atoms with E-state index in [0.717, 1.165) is 10.0 Å². The molecule has 4 aromatic carbocycles. The second kappa shape index (κ2) is 14.8. The fourth-order valence-electron chi connectivity index (χ4n) is 2.77. The summed E-state index contributed by atoms with van der Waals surface area (Å²) in [6.07, 6.45) is 0. The fraction of sp³-hybridized carbons (Fsp3) is 0. The monoisotopic (exact) mass is 726 g/mol. The molecule has 4 rings (SSSR count). The summed E-state index contributed by atoms with van der Waals surface area (Å²) >= 11 is 8.32. The molecular weight excluding hydrogens is 710 g/mol. The van der Waals surface area contributed by atoms with Crippen LogP contribution >= 0.6 is 54.5 Å². The highest BCUT2D eigenvalue weighted by atomic mass is 127. The number of nitro groups is 2. The van der Waals surface area contributed by atoms with Crippen molar-refractivity contribution in [3.63, 3.8) is 0 Å². The molecule has 8 nitrogen and oxygen atoms in total. The van der Waals surface area contributed by atoms with E-state index in [1.54, 1.807) is 48.5 Å². The first kappa shape index (κ1) is 29.6. The lowest BCUT2D eigenvalue weighted by atomic mass is 9.81. The number of rotatable bonds is 4. The van der Waals surface area contributed by atoms with Crippen LogP contribution in [0.3, 0.4) is 0 Å². The highest BCUT2D eigenvalue weighted by Gasteiger charge is 2.15. The molecule has 0 aliphatic carbocycles. The van der Waals surface area contributed by atoms with Crippen LogP contribution in [-0.4, -0.2) is 27.0 Å². The molecule has 0 saturated heterocycles. The maximum absolute atomic E-state index is 10.9. The summed E-state index contributed by atoms with van der Waals surface area (Å²) in [5, 5.41) is 38.4. The van der Waals surface area contributed by atoms with Gasteiger partial charge in [0.25, 0.3) is 11.4 Å². The van der Waals surface area contributed by atoms with Gasteiger partial charge in [-0.3, -0.25) is 20.2 Å². The van der Waals surface area contributed by atoms with Crippen molar-refractivity contribution in [1.29, 1.82) is 0 Å². The van der Waals surface area contributed by atoms with E-state index >= 15 is 0 Å². The van der Waals surface area contributed by atoms with Gasteiger partial charge in [-0.2, -0.15) is 0 Å². The van der Waals surface area contributed by atoms with Gasteiger partial charge in [-0.25, -0.2) is 0 Å². The first-order chi connectivity index (χ1) is 17.1. The third-order valence-electron chi connectivity index (χ3n) is 4.44. The molecule has 2 N–H and O–H groups in total. The standard InChI is InChI=1S/C12H8BrNO2.C6H7BO2.C6H3BrINO2/c13-10-6-7-11(12(8-10)14(15)16)9-4-2-1-3-5-9;8-7(9)6-4-2-1-3-5-6;7-4-1-2-5(8)6(3-4)9(10)11/h1-8H;1-5,8-9H;1-3H. The Hall–Kier alpha value is -2.65. The van der Waals surface area contributed by atoms with Crippen molar-refractivity contribution in [2.24, 2.45) is 0 Å². The second-order valence-corrected chi connectivity index (χ2v) is 9.92. The summed E-state index contributed by atoms with van der Waals surface area (Å²) in [5.74, 6) is 0. The molecule has 0 aromatic heterocycles. The van der Waals surface area contributed by atoms with Crippen molar-refractivity contribution >= 4 is 78.4 Å². The lowest BCUT2D eigenvalue weighted by Gasteiger charge is -2.03. The van der Waals surface area contributed by atoms with E-state index in [4.69, 9.17) is 10.0 Å². The Morgan fingerprint density at radius 1 is 0.694 bits per heavy atom. The van der Waals surface area contributed by atoms with Gasteiger partial charge in [-0.1, -0.05) is 92.5 Å². The minimum absolute atomic E-state index is 0.112. The quantitative estimate of drug-likeness (QED) is 0.109. The molecule has 36 heavy (non-hydrogen) atoms. The smallest absolute Gasteiger partial charge is 0.423 e. The molecule has 0 spiro atoms. The number of nitro benzene ring substituents is 2. The molecule has 4 aromatic rings. The Bertz CT molecular complexity index is 1310. The molecule has 0 aliphatic heterocycles. The lowest BCUT2D eigenvalue weighted by molar-refractivity contribution is -0.385. The molecule has 0 aliphatic rings. The number of hydrogen-bond donors (Lipinski definition) is 2. The van der Waals surface area contributed by atoms with Crippen LogP contribution in [0, 0.1) is 23.8 Å². The predicted octanol–water partition coefficient (Wildman–Crippen LogP) is 6.35. The average Bonchev–Trinajstić information content (AvgIpc) is 2.87. The minimum atomic E-state index is -1.34. The number of hydrogen-bond acceptors (Lipinski definition) is 6. The summed E-state index contributed by atoms with van der Waals surface area (Å²) in [4.78, 5) is 20.5. The zero-order valence-electron chi connectivity index (χ0n) is 18.4. The van der Waals surface area contributed by atoms with Crippen molar-refractivity contribution in [3.05, 3.63) is 130 Å². The molecule has 0 heterocycles. The Balaban J connectivity index is 0.000000200. The number of halogens is 3. The topological polar surface area (TPSA) is 127 Å². The van der Waals surface area contributed by atoms with Crippen LogP contribution in [0.2, 0.25) is 0 Å². The maximum Gasteiger partial charge on any atom is 0.488 e. The summed E-state index contributed by atoms with van der Waals surface area (Å²) in [6, 6.07) is 28.0. The van der Waals surface area contributed by atoms with Crippen molar-refractivity contribution in [3.8, 4) is 11.1 Å². The number of nitrogens with zero attached hydrogens (tertiary/aromatic N) is 2. The highest BCUT2D eigenvalue weighted by molar-refractivity contribution is 14.1. The Morgan fingerprint density at radius 2 is 1.17 bits per heavy atom. The summed E-state index contributed by atoms with van der Waals surface area (Å²) in [6.45, 7) is 0. The van der Waals surface area contributed by atoms with E-state index in [1.807, 2.05) is 59.0 Å². The van der Waals surface area contributed by atoms with Crippen LogP contribution in [0.15, 0.2) is 106 Å². The van der Waals surface area contributed by atoms with E-state index in [-0.39, 0.29) is 16.3 Å². The Labute approximate surface area is 237 Å². The van der Waals surface area contributed by atoms with E-state index in [0.29, 0.717) is 19.1 Å². The van der Waals surface area contributed by atoms with Gasteiger partial charge in [-0.15, -0.1) is 0 Å². The molecule has 0 saturated carbocycles. The normalized spacial score (nSPS) is 9.69. The van der Waals surface area contributed by atoms with Crippen LogP contribution in [0.25, 0.3) is 11.1 Å². The van der Waals surface area contributed by atoms with Crippen molar-refractivity contribution in [2.45, 2.75) is 0 Å². The Kier molecular flexibility index (Phi) is 12.2. The average molecular weight is 728 g/mol. The summed E-state index contributed by atoms with van der Waals surface area (Å²) in [5.41, 5.74) is 2.26. The van der Waals surface area contributed by atoms with Gasteiger partial charge in [-0.05, 0) is 57.9 Å². The predicted molar refractivity (Wildman–Crippen MR) is 156 cm³/mol. The minimum Gasteiger partial charge on any atom is -0.423 e. The van der Waals surface area contributed by atoms with E-state index in [1.165, 1.54) is 12.1 Å². The van der Waals surface area contributed by atoms with Crippen molar-refractivity contribution in [2.75, 3.05) is 0 Å². The molecule has 0 atom stereocenters. The third-order valence-corrected chi connectivity index (χ3v) is 6.34. The van der Waals surface area contributed by atoms with E-state index in [9.17, 15) is 20.2 Å². The zero-order chi connectivity index (χ0) is 26.7. The third kappa shape index (κ3) is 9.43. The fourth-order valence-corrected chi connectivity index (χ4v) is 4.00. The van der Waals surface area contributed by atoms with E-state index < -0.39 is 12.0 Å². The van der Waals surface area contributed by atoms with Gasteiger partial charge in [0.2, 0.25) is 0 Å². The molecule has 0 fully saturated rings. The van der Waals surface area contributed by atoms with Crippen LogP contribution < -0.4 is 5.46 Å². The van der Waals surface area contributed by atoms with Crippen LogP contribution in [0.5, 0.6) is 0 Å². The first-order valence-corrected chi connectivity index (χ1v) is 12.8. The molecule has 12 heteroatoms. The van der Waals surface area contributed by atoms with Gasteiger partial charge in [0, 0.05) is 21.1 Å². The molecule has 0 bridgehead atoms. The van der Waals surface area contributed by atoms with Crippen LogP contribution in [0.4, 0.5) is 11.4 Å². The Morgan fingerprint density at radius 3 is 1.61 bits per heavy atom. The van der Waals surface area contributed by atoms with E-state index in [2.05, 4.69) is 31.9 Å². The van der Waals surface area contributed by atoms with Crippen molar-refractivity contribution in [1.82, 2.24) is 0 Å². The lowest BCUT2D eigenvalue weighted by Crippen LogP contribution is -2.29. The summed E-state index contributed by atoms with van der Waals surface area (Å²) in [7, 11) is -1.34. The maximum atomic E-state index is 10.9. The van der Waals surface area contributed by atoms with Gasteiger partial charge in [0.05, 0.1) is 19.0 Å². The zero-order valence-corrected chi connectivity index (χ0v) is 23.7. The molecular formula is C24H18BBr2IN2O6.